The third-order valence-electron chi connectivity index (χ3n) is 3.26. The highest BCUT2D eigenvalue weighted by atomic mass is 16.6. The summed E-state index contributed by atoms with van der Waals surface area (Å²) in [4.78, 5) is 13.8. The molecule has 1 aliphatic rings. The van der Waals surface area contributed by atoms with Gasteiger partial charge in [-0.2, -0.15) is 0 Å². The van der Waals surface area contributed by atoms with Gasteiger partial charge in [0.15, 0.2) is 0 Å². The van der Waals surface area contributed by atoms with Crippen molar-refractivity contribution in [1.82, 2.24) is 10.2 Å². The SMILES string of the molecule is CCNC(COC)C1CCN(C(=O)OC(C)(C)C)C1. The molecule has 1 N–H and O–H groups in total. The van der Waals surface area contributed by atoms with E-state index in [9.17, 15) is 4.79 Å². The molecule has 1 aliphatic heterocycles. The smallest absolute Gasteiger partial charge is 0.410 e. The number of hydrogen-bond donors (Lipinski definition) is 1. The number of rotatable bonds is 5. The summed E-state index contributed by atoms with van der Waals surface area (Å²) in [7, 11) is 1.71. The van der Waals surface area contributed by atoms with Crippen LogP contribution in [0.15, 0.2) is 0 Å². The molecule has 0 aromatic carbocycles. The van der Waals surface area contributed by atoms with Crippen molar-refractivity contribution in [2.24, 2.45) is 5.92 Å². The number of hydrogen-bond acceptors (Lipinski definition) is 4. The fraction of sp³-hybridized carbons (Fsp3) is 0.929. The number of nitrogens with zero attached hydrogens (tertiary/aromatic N) is 1. The lowest BCUT2D eigenvalue weighted by Gasteiger charge is -2.26. The number of amides is 1. The predicted molar refractivity (Wildman–Crippen MR) is 75.3 cm³/mol. The van der Waals surface area contributed by atoms with Crippen LogP contribution in [0.2, 0.25) is 0 Å². The summed E-state index contributed by atoms with van der Waals surface area (Å²) in [6, 6.07) is 0.308. The number of carbonyl (C=O) groups is 1. The van der Waals surface area contributed by atoms with E-state index < -0.39 is 5.60 Å². The Bertz CT molecular complexity index is 283. The van der Waals surface area contributed by atoms with Crippen molar-refractivity contribution in [3.63, 3.8) is 0 Å². The van der Waals surface area contributed by atoms with Crippen molar-refractivity contribution in [3.8, 4) is 0 Å². The van der Waals surface area contributed by atoms with Crippen LogP contribution in [0.4, 0.5) is 4.79 Å². The molecule has 0 bridgehead atoms. The molecule has 1 rings (SSSR count). The molecule has 0 radical (unpaired) electrons. The Morgan fingerprint density at radius 2 is 2.16 bits per heavy atom. The Balaban J connectivity index is 2.49. The Kier molecular flexibility index (Phi) is 6.07. The fourth-order valence-corrected chi connectivity index (χ4v) is 2.41. The lowest BCUT2D eigenvalue weighted by atomic mass is 9.99. The fourth-order valence-electron chi connectivity index (χ4n) is 2.41. The average Bonchev–Trinajstić information content (AvgIpc) is 2.75. The van der Waals surface area contributed by atoms with Gasteiger partial charge in [0.1, 0.15) is 5.60 Å². The highest BCUT2D eigenvalue weighted by Gasteiger charge is 2.33. The number of nitrogens with one attached hydrogen (secondary N) is 1. The maximum atomic E-state index is 12.0. The van der Waals surface area contributed by atoms with Crippen LogP contribution in [0.3, 0.4) is 0 Å². The highest BCUT2D eigenvalue weighted by molar-refractivity contribution is 5.68. The van der Waals surface area contributed by atoms with E-state index in [-0.39, 0.29) is 6.09 Å². The van der Waals surface area contributed by atoms with Crippen molar-refractivity contribution in [3.05, 3.63) is 0 Å². The second-order valence-corrected chi connectivity index (χ2v) is 6.09. The summed E-state index contributed by atoms with van der Waals surface area (Å²) in [6.07, 6.45) is 0.794. The molecule has 5 heteroatoms. The minimum Gasteiger partial charge on any atom is -0.444 e. The molecule has 2 unspecified atom stereocenters. The van der Waals surface area contributed by atoms with E-state index in [0.717, 1.165) is 26.1 Å². The lowest BCUT2D eigenvalue weighted by molar-refractivity contribution is 0.0281. The molecule has 1 saturated heterocycles. The van der Waals surface area contributed by atoms with E-state index in [2.05, 4.69) is 12.2 Å². The van der Waals surface area contributed by atoms with Gasteiger partial charge in [0.2, 0.25) is 0 Å². The van der Waals surface area contributed by atoms with Crippen LogP contribution in [-0.2, 0) is 9.47 Å². The van der Waals surface area contributed by atoms with Crippen LogP contribution in [0.25, 0.3) is 0 Å². The standard InChI is InChI=1S/C14H28N2O3/c1-6-15-12(10-18-5)11-7-8-16(9-11)13(17)19-14(2,3)4/h11-12,15H,6-10H2,1-5H3. The first kappa shape index (κ1) is 16.2. The van der Waals surface area contributed by atoms with Crippen LogP contribution in [0, 0.1) is 5.92 Å². The monoisotopic (exact) mass is 272 g/mol. The van der Waals surface area contributed by atoms with Crippen LogP contribution in [0.5, 0.6) is 0 Å². The number of likely N-dealkylation sites (tertiary alicyclic amines) is 1. The van der Waals surface area contributed by atoms with E-state index in [1.807, 2.05) is 20.8 Å². The maximum Gasteiger partial charge on any atom is 0.410 e. The van der Waals surface area contributed by atoms with Gasteiger partial charge in [-0.1, -0.05) is 6.92 Å². The van der Waals surface area contributed by atoms with Crippen LogP contribution < -0.4 is 5.32 Å². The minimum absolute atomic E-state index is 0.206. The second kappa shape index (κ2) is 7.10. The molecule has 1 amide bonds. The third-order valence-corrected chi connectivity index (χ3v) is 3.26. The van der Waals surface area contributed by atoms with E-state index in [0.29, 0.717) is 18.6 Å². The first-order valence-electron chi connectivity index (χ1n) is 7.07. The topological polar surface area (TPSA) is 50.8 Å². The molecule has 112 valence electrons. The summed E-state index contributed by atoms with van der Waals surface area (Å²) in [6.45, 7) is 10.9. The van der Waals surface area contributed by atoms with Crippen molar-refractivity contribution < 1.29 is 14.3 Å². The van der Waals surface area contributed by atoms with E-state index in [4.69, 9.17) is 9.47 Å². The zero-order chi connectivity index (χ0) is 14.5. The average molecular weight is 272 g/mol. The third kappa shape index (κ3) is 5.37. The van der Waals surface area contributed by atoms with Crippen LogP contribution >= 0.6 is 0 Å². The second-order valence-electron chi connectivity index (χ2n) is 6.09. The zero-order valence-corrected chi connectivity index (χ0v) is 12.9. The van der Waals surface area contributed by atoms with Gasteiger partial charge in [0.25, 0.3) is 0 Å². The van der Waals surface area contributed by atoms with Gasteiger partial charge in [-0.05, 0) is 39.7 Å². The minimum atomic E-state index is -0.428. The molecular formula is C14H28N2O3. The highest BCUT2D eigenvalue weighted by Crippen LogP contribution is 2.22. The summed E-state index contributed by atoms with van der Waals surface area (Å²) in [5, 5.41) is 3.43. The maximum absolute atomic E-state index is 12.0. The Hall–Kier alpha value is -0.810. The van der Waals surface area contributed by atoms with Gasteiger partial charge in [0.05, 0.1) is 6.61 Å². The first-order chi connectivity index (χ1) is 8.87. The van der Waals surface area contributed by atoms with Crippen LogP contribution in [-0.4, -0.2) is 56.0 Å². The summed E-state index contributed by atoms with van der Waals surface area (Å²) in [5.74, 6) is 0.437. The normalized spacial score (nSPS) is 21.5. The van der Waals surface area contributed by atoms with Gasteiger partial charge in [-0.15, -0.1) is 0 Å². The Morgan fingerprint density at radius 3 is 2.68 bits per heavy atom. The van der Waals surface area contributed by atoms with Gasteiger partial charge < -0.3 is 19.7 Å². The Morgan fingerprint density at radius 1 is 1.47 bits per heavy atom. The molecule has 1 fully saturated rings. The molecule has 1 heterocycles. The predicted octanol–water partition coefficient (Wildman–Crippen LogP) is 1.87. The van der Waals surface area contributed by atoms with Gasteiger partial charge in [-0.3, -0.25) is 0 Å². The van der Waals surface area contributed by atoms with Gasteiger partial charge >= 0.3 is 6.09 Å². The molecule has 5 nitrogen and oxygen atoms in total. The number of likely N-dealkylation sites (N-methyl/N-ethyl adjacent to an activating group) is 1. The molecule has 0 spiro atoms. The van der Waals surface area contributed by atoms with Crippen molar-refractivity contribution in [1.29, 1.82) is 0 Å². The number of ether oxygens (including phenoxy) is 2. The zero-order valence-electron chi connectivity index (χ0n) is 12.9. The van der Waals surface area contributed by atoms with Crippen molar-refractivity contribution in [2.75, 3.05) is 33.4 Å². The summed E-state index contributed by atoms with van der Waals surface area (Å²) < 4.78 is 10.7. The van der Waals surface area contributed by atoms with E-state index >= 15 is 0 Å². The molecular weight excluding hydrogens is 244 g/mol. The molecule has 0 aromatic rings. The first-order valence-corrected chi connectivity index (χ1v) is 7.07. The largest absolute Gasteiger partial charge is 0.444 e. The quantitative estimate of drug-likeness (QED) is 0.830. The van der Waals surface area contributed by atoms with Crippen molar-refractivity contribution >= 4 is 6.09 Å². The molecule has 2 atom stereocenters. The van der Waals surface area contributed by atoms with Gasteiger partial charge in [0, 0.05) is 26.2 Å². The summed E-state index contributed by atoms with van der Waals surface area (Å²) in [5.41, 5.74) is -0.428. The number of carbonyl (C=O) groups excluding carboxylic acids is 1. The van der Waals surface area contributed by atoms with Crippen LogP contribution in [0.1, 0.15) is 34.1 Å². The molecule has 0 aliphatic carbocycles. The lowest BCUT2D eigenvalue weighted by Crippen LogP contribution is -2.42. The Labute approximate surface area is 116 Å². The number of methoxy groups -OCH3 is 1. The molecule has 19 heavy (non-hydrogen) atoms. The van der Waals surface area contributed by atoms with Crippen molar-refractivity contribution in [2.45, 2.75) is 45.8 Å². The molecule has 0 aromatic heterocycles. The van der Waals surface area contributed by atoms with Gasteiger partial charge in [-0.25, -0.2) is 4.79 Å². The van der Waals surface area contributed by atoms with E-state index in [1.165, 1.54) is 0 Å². The molecule has 0 saturated carbocycles. The van der Waals surface area contributed by atoms with E-state index in [1.54, 1.807) is 12.0 Å². The summed E-state index contributed by atoms with van der Waals surface area (Å²) >= 11 is 0.